The first kappa shape index (κ1) is 14.8. The van der Waals surface area contributed by atoms with Gasteiger partial charge in [0.2, 0.25) is 0 Å². The molecule has 1 aromatic heterocycles. The van der Waals surface area contributed by atoms with E-state index in [2.05, 4.69) is 4.98 Å². The number of hydrogen-bond donors (Lipinski definition) is 0. The van der Waals surface area contributed by atoms with Gasteiger partial charge in [0.25, 0.3) is 0 Å². The van der Waals surface area contributed by atoms with Crippen molar-refractivity contribution in [2.45, 2.75) is 13.8 Å². The molecule has 0 unspecified atom stereocenters. The van der Waals surface area contributed by atoms with Crippen LogP contribution in [0.3, 0.4) is 0 Å². The smallest absolute Gasteiger partial charge is 0.305 e. The molecular formula is C18H18NO3P. The fraction of sp³-hybridized carbons (Fsp3) is 0.278. The van der Waals surface area contributed by atoms with E-state index >= 15 is 0 Å². The minimum atomic E-state index is -3.38. The average Bonchev–Trinajstić information content (AvgIpc) is 2.55. The maximum atomic E-state index is 13.5. The minimum absolute atomic E-state index is 0.132. The molecule has 5 heteroatoms. The summed E-state index contributed by atoms with van der Waals surface area (Å²) in [7, 11) is -3.38. The second kappa shape index (κ2) is 5.13. The Bertz CT molecular complexity index is 883. The highest BCUT2D eigenvalue weighted by Gasteiger charge is 2.40. The number of benzene rings is 2. The lowest BCUT2D eigenvalue weighted by atomic mass is 9.97. The lowest BCUT2D eigenvalue weighted by molar-refractivity contribution is 0.0465. The van der Waals surface area contributed by atoms with E-state index in [1.165, 1.54) is 0 Å². The zero-order valence-electron chi connectivity index (χ0n) is 13.2. The number of para-hydroxylation sites is 2. The third-order valence-electron chi connectivity index (χ3n) is 4.08. The van der Waals surface area contributed by atoms with Gasteiger partial charge in [-0.25, -0.2) is 4.98 Å². The second-order valence-corrected chi connectivity index (χ2v) is 8.66. The summed E-state index contributed by atoms with van der Waals surface area (Å²) in [5.74, 6) is 0. The Balaban J connectivity index is 2.02. The molecular weight excluding hydrogens is 309 g/mol. The standard InChI is InChI=1S/C18H18NO3P/c1-18(2)11-21-23(20,22-12-18)17-13-7-3-5-9-15(13)19-16-10-6-4-8-14(16)17/h3-10H,11-12H2,1-2H3. The van der Waals surface area contributed by atoms with Gasteiger partial charge in [-0.05, 0) is 12.1 Å². The summed E-state index contributed by atoms with van der Waals surface area (Å²) in [6.45, 7) is 4.91. The summed E-state index contributed by atoms with van der Waals surface area (Å²) < 4.78 is 25.1. The predicted octanol–water partition coefficient (Wildman–Crippen LogP) is 4.28. The van der Waals surface area contributed by atoms with E-state index in [0.717, 1.165) is 21.8 Å². The van der Waals surface area contributed by atoms with Crippen LogP contribution in [0.2, 0.25) is 0 Å². The summed E-state index contributed by atoms with van der Waals surface area (Å²) in [5.41, 5.74) is 1.47. The summed E-state index contributed by atoms with van der Waals surface area (Å²) in [6, 6.07) is 15.4. The van der Waals surface area contributed by atoms with Gasteiger partial charge in [-0.2, -0.15) is 0 Å². The minimum Gasteiger partial charge on any atom is -0.305 e. The van der Waals surface area contributed by atoms with Crippen LogP contribution in [0.5, 0.6) is 0 Å². The van der Waals surface area contributed by atoms with E-state index in [1.807, 2.05) is 62.4 Å². The number of pyridine rings is 1. The van der Waals surface area contributed by atoms with Gasteiger partial charge in [-0.3, -0.25) is 4.57 Å². The molecule has 2 heterocycles. The predicted molar refractivity (Wildman–Crippen MR) is 92.2 cm³/mol. The molecule has 0 saturated carbocycles. The number of fused-ring (bicyclic) bond motifs is 2. The summed E-state index contributed by atoms with van der Waals surface area (Å²) in [4.78, 5) is 4.66. The first-order chi connectivity index (χ1) is 11.0. The van der Waals surface area contributed by atoms with Crippen molar-refractivity contribution >= 4 is 34.7 Å². The largest absolute Gasteiger partial charge is 0.362 e. The van der Waals surface area contributed by atoms with Crippen molar-refractivity contribution in [2.75, 3.05) is 13.2 Å². The number of aromatic nitrogens is 1. The summed E-state index contributed by atoms with van der Waals surface area (Å²) in [5, 5.41) is 2.29. The Labute approximate surface area is 135 Å². The molecule has 1 aliphatic heterocycles. The molecule has 0 amide bonds. The molecule has 4 rings (SSSR count). The molecule has 3 aromatic rings. The average molecular weight is 327 g/mol. The molecule has 0 atom stereocenters. The fourth-order valence-electron chi connectivity index (χ4n) is 2.84. The van der Waals surface area contributed by atoms with Crippen LogP contribution in [-0.2, 0) is 13.6 Å². The van der Waals surface area contributed by atoms with Gasteiger partial charge in [0.1, 0.15) is 0 Å². The Morgan fingerprint density at radius 2 is 1.39 bits per heavy atom. The fourth-order valence-corrected chi connectivity index (χ4v) is 5.18. The highest BCUT2D eigenvalue weighted by molar-refractivity contribution is 7.63. The van der Waals surface area contributed by atoms with E-state index in [0.29, 0.717) is 18.5 Å². The second-order valence-electron chi connectivity index (χ2n) is 6.70. The number of rotatable bonds is 1. The van der Waals surface area contributed by atoms with E-state index in [4.69, 9.17) is 9.05 Å². The normalized spacial score (nSPS) is 19.9. The van der Waals surface area contributed by atoms with Gasteiger partial charge in [0, 0.05) is 16.2 Å². The van der Waals surface area contributed by atoms with Crippen LogP contribution in [0, 0.1) is 5.41 Å². The Morgan fingerprint density at radius 3 is 1.91 bits per heavy atom. The maximum absolute atomic E-state index is 13.5. The lowest BCUT2D eigenvalue weighted by Crippen LogP contribution is -2.32. The van der Waals surface area contributed by atoms with Gasteiger partial charge in [0.15, 0.2) is 0 Å². The van der Waals surface area contributed by atoms with E-state index in [1.54, 1.807) is 0 Å². The third-order valence-corrected chi connectivity index (χ3v) is 6.05. The van der Waals surface area contributed by atoms with Crippen molar-refractivity contribution in [2.24, 2.45) is 5.41 Å². The molecule has 0 bridgehead atoms. The highest BCUT2D eigenvalue weighted by atomic mass is 31.2. The molecule has 0 aliphatic carbocycles. The van der Waals surface area contributed by atoms with Gasteiger partial charge in [-0.15, -0.1) is 0 Å². The first-order valence-electron chi connectivity index (χ1n) is 7.66. The lowest BCUT2D eigenvalue weighted by Gasteiger charge is -2.34. The molecule has 4 nitrogen and oxygen atoms in total. The summed E-state index contributed by atoms with van der Waals surface area (Å²) >= 11 is 0. The Hall–Kier alpha value is -1.74. The Kier molecular flexibility index (Phi) is 3.31. The molecule has 2 aromatic carbocycles. The quantitative estimate of drug-likeness (QED) is 0.494. The molecule has 0 spiro atoms. The van der Waals surface area contributed by atoms with Crippen LogP contribution in [0.1, 0.15) is 13.8 Å². The number of hydrogen-bond acceptors (Lipinski definition) is 4. The van der Waals surface area contributed by atoms with Crippen LogP contribution < -0.4 is 5.30 Å². The molecule has 1 fully saturated rings. The molecule has 1 aliphatic rings. The molecule has 1 saturated heterocycles. The zero-order valence-corrected chi connectivity index (χ0v) is 14.0. The molecule has 0 radical (unpaired) electrons. The van der Waals surface area contributed by atoms with Gasteiger partial charge in [-0.1, -0.05) is 50.2 Å². The van der Waals surface area contributed by atoms with E-state index < -0.39 is 7.60 Å². The van der Waals surface area contributed by atoms with Crippen LogP contribution >= 0.6 is 7.60 Å². The van der Waals surface area contributed by atoms with Crippen molar-refractivity contribution in [3.05, 3.63) is 48.5 Å². The summed E-state index contributed by atoms with van der Waals surface area (Å²) in [6.07, 6.45) is 0. The Morgan fingerprint density at radius 1 is 0.913 bits per heavy atom. The monoisotopic (exact) mass is 327 g/mol. The van der Waals surface area contributed by atoms with Crippen LogP contribution in [0.4, 0.5) is 0 Å². The van der Waals surface area contributed by atoms with Crippen molar-refractivity contribution in [1.82, 2.24) is 4.98 Å². The van der Waals surface area contributed by atoms with E-state index in [-0.39, 0.29) is 5.41 Å². The van der Waals surface area contributed by atoms with Crippen molar-refractivity contribution < 1.29 is 13.6 Å². The van der Waals surface area contributed by atoms with Crippen LogP contribution in [-0.4, -0.2) is 18.2 Å². The maximum Gasteiger partial charge on any atom is 0.362 e. The molecule has 23 heavy (non-hydrogen) atoms. The first-order valence-corrected chi connectivity index (χ1v) is 9.20. The van der Waals surface area contributed by atoms with Crippen molar-refractivity contribution in [3.63, 3.8) is 0 Å². The number of nitrogens with zero attached hydrogens (tertiary/aromatic N) is 1. The SMILES string of the molecule is CC1(C)COP(=O)(c2c3ccccc3nc3ccccc23)OC1. The molecule has 0 N–H and O–H groups in total. The molecule has 118 valence electrons. The van der Waals surface area contributed by atoms with Crippen molar-refractivity contribution in [3.8, 4) is 0 Å². The van der Waals surface area contributed by atoms with Gasteiger partial charge in [0.05, 0.1) is 29.6 Å². The van der Waals surface area contributed by atoms with Crippen LogP contribution in [0.15, 0.2) is 48.5 Å². The van der Waals surface area contributed by atoms with Gasteiger partial charge >= 0.3 is 7.60 Å². The van der Waals surface area contributed by atoms with Crippen molar-refractivity contribution in [1.29, 1.82) is 0 Å². The third kappa shape index (κ3) is 2.47. The highest BCUT2D eigenvalue weighted by Crippen LogP contribution is 2.54. The van der Waals surface area contributed by atoms with Gasteiger partial charge < -0.3 is 9.05 Å². The zero-order chi connectivity index (χ0) is 16.1. The van der Waals surface area contributed by atoms with E-state index in [9.17, 15) is 4.57 Å². The van der Waals surface area contributed by atoms with Crippen LogP contribution in [0.25, 0.3) is 21.8 Å². The topological polar surface area (TPSA) is 48.4 Å².